The highest BCUT2D eigenvalue weighted by Gasteiger charge is 2.30. The second-order valence-corrected chi connectivity index (χ2v) is 13.4. The molecule has 0 heterocycles. The maximum Gasteiger partial charge on any atom is 0.524 e. The highest BCUT2D eigenvalue weighted by molar-refractivity contribution is 7.46. The van der Waals surface area contributed by atoms with Crippen LogP contribution in [0.15, 0.2) is 127 Å². The first-order chi connectivity index (χ1) is 24.9. The molecule has 268 valence electrons. The van der Waals surface area contributed by atoms with Gasteiger partial charge in [-0.1, -0.05) is 115 Å². The number of carbonyl (C=O) groups excluding carboxylic acids is 3. The van der Waals surface area contributed by atoms with E-state index >= 15 is 0 Å². The van der Waals surface area contributed by atoms with Crippen LogP contribution in [0.2, 0.25) is 0 Å². The maximum absolute atomic E-state index is 14.0. The zero-order valence-corrected chi connectivity index (χ0v) is 28.8. The van der Waals surface area contributed by atoms with Crippen LogP contribution in [0.25, 0.3) is 10.8 Å². The topological polar surface area (TPSA) is 191 Å². The number of hydrogen-bond donors (Lipinski definition) is 6. The van der Waals surface area contributed by atoms with Crippen LogP contribution in [0.3, 0.4) is 0 Å². The van der Waals surface area contributed by atoms with E-state index in [-0.39, 0.29) is 31.4 Å². The first-order valence-electron chi connectivity index (χ1n) is 16.4. The molecule has 3 atom stereocenters. The Bertz CT molecular complexity index is 2050. The monoisotopic (exact) mass is 723 g/mol. The van der Waals surface area contributed by atoms with Gasteiger partial charge in [0.15, 0.2) is 0 Å². The van der Waals surface area contributed by atoms with E-state index in [1.807, 2.05) is 72.8 Å². The number of carboxylic acid groups (broad SMARTS) is 1. The summed E-state index contributed by atoms with van der Waals surface area (Å²) in [5, 5.41) is 20.1. The zero-order valence-electron chi connectivity index (χ0n) is 27.9. The minimum Gasteiger partial charge on any atom is -0.480 e. The molecule has 5 aromatic rings. The van der Waals surface area contributed by atoms with Crippen LogP contribution in [0.4, 0.5) is 0 Å². The third-order valence-corrected chi connectivity index (χ3v) is 8.68. The molecule has 0 unspecified atom stereocenters. The molecule has 3 amide bonds. The predicted molar refractivity (Wildman–Crippen MR) is 194 cm³/mol. The Balaban J connectivity index is 1.33. The van der Waals surface area contributed by atoms with Crippen LogP contribution in [0.1, 0.15) is 22.3 Å². The Hall–Kier alpha value is -5.81. The summed E-state index contributed by atoms with van der Waals surface area (Å²) in [5.41, 5.74) is 2.68. The smallest absolute Gasteiger partial charge is 0.480 e. The van der Waals surface area contributed by atoms with Crippen LogP contribution in [-0.2, 0) is 49.4 Å². The van der Waals surface area contributed by atoms with Crippen molar-refractivity contribution in [2.45, 2.75) is 43.8 Å². The molecule has 52 heavy (non-hydrogen) atoms. The molecule has 0 saturated carbocycles. The number of benzene rings is 5. The molecule has 12 nitrogen and oxygen atoms in total. The van der Waals surface area contributed by atoms with E-state index in [4.69, 9.17) is 9.79 Å². The van der Waals surface area contributed by atoms with Gasteiger partial charge in [-0.25, -0.2) is 9.36 Å². The van der Waals surface area contributed by atoms with E-state index in [1.165, 1.54) is 24.3 Å². The van der Waals surface area contributed by atoms with E-state index in [0.717, 1.165) is 21.9 Å². The molecule has 5 rings (SSSR count). The van der Waals surface area contributed by atoms with Gasteiger partial charge < -0.3 is 25.6 Å². The number of nitrogens with one attached hydrogen (secondary N) is 3. The molecule has 0 aromatic heterocycles. The number of aliphatic carboxylic acids is 1. The highest BCUT2D eigenvalue weighted by atomic mass is 31.2. The molecule has 0 aliphatic carbocycles. The lowest BCUT2D eigenvalue weighted by atomic mass is 10.0. The molecule has 0 spiro atoms. The molecule has 0 saturated heterocycles. The normalized spacial score (nSPS) is 13.0. The first-order valence-corrected chi connectivity index (χ1v) is 18.0. The Morgan fingerprint density at radius 3 is 1.58 bits per heavy atom. The van der Waals surface area contributed by atoms with Crippen molar-refractivity contribution in [3.63, 3.8) is 0 Å². The molecule has 0 fully saturated rings. The van der Waals surface area contributed by atoms with Crippen molar-refractivity contribution >= 4 is 42.3 Å². The molecule has 5 aromatic carbocycles. The van der Waals surface area contributed by atoms with Crippen LogP contribution < -0.4 is 20.5 Å². The fourth-order valence-corrected chi connectivity index (χ4v) is 6.10. The van der Waals surface area contributed by atoms with Crippen molar-refractivity contribution in [2.75, 3.05) is 0 Å². The molecule has 0 aliphatic heterocycles. The minimum absolute atomic E-state index is 0.0179. The summed E-state index contributed by atoms with van der Waals surface area (Å²) in [4.78, 5) is 71.4. The molecular weight excluding hydrogens is 685 g/mol. The van der Waals surface area contributed by atoms with Crippen molar-refractivity contribution in [3.05, 3.63) is 150 Å². The van der Waals surface area contributed by atoms with E-state index < -0.39 is 49.6 Å². The van der Waals surface area contributed by atoms with Crippen LogP contribution >= 0.6 is 7.82 Å². The zero-order chi connectivity index (χ0) is 37.1. The van der Waals surface area contributed by atoms with Gasteiger partial charge in [0, 0.05) is 19.3 Å². The summed E-state index contributed by atoms with van der Waals surface area (Å²) in [7, 11) is -4.79. The predicted octanol–water partition coefficient (Wildman–Crippen LogP) is 4.12. The molecule has 0 aliphatic rings. The maximum atomic E-state index is 14.0. The van der Waals surface area contributed by atoms with Gasteiger partial charge in [-0.2, -0.15) is 0 Å². The average Bonchev–Trinajstić information content (AvgIpc) is 3.11. The average molecular weight is 724 g/mol. The number of rotatable bonds is 16. The lowest BCUT2D eigenvalue weighted by Gasteiger charge is -2.25. The number of phosphoric acid groups is 1. The number of fused-ring (bicyclic) bond motifs is 1. The van der Waals surface area contributed by atoms with Gasteiger partial charge in [0.1, 0.15) is 23.9 Å². The van der Waals surface area contributed by atoms with Gasteiger partial charge in [0.05, 0.1) is 6.42 Å². The van der Waals surface area contributed by atoms with Gasteiger partial charge in [0.25, 0.3) is 0 Å². The van der Waals surface area contributed by atoms with Crippen molar-refractivity contribution in [3.8, 4) is 5.75 Å². The Morgan fingerprint density at radius 1 is 0.558 bits per heavy atom. The van der Waals surface area contributed by atoms with Crippen molar-refractivity contribution in [1.82, 2.24) is 16.0 Å². The summed E-state index contributed by atoms with van der Waals surface area (Å²) >= 11 is 0. The SMILES string of the molecule is O=C(Cc1ccc2ccccc2c1)N[C@@H](Cc1ccccc1)C(=O)N[C@H](Cc1ccccc1)C(=O)N[C@H](Cc1ccc(OP(=O)(O)O)cc1)C(=O)O. The highest BCUT2D eigenvalue weighted by Crippen LogP contribution is 2.37. The summed E-state index contributed by atoms with van der Waals surface area (Å²) in [6.45, 7) is 0. The number of carboxylic acids is 1. The van der Waals surface area contributed by atoms with Gasteiger partial charge in [-0.3, -0.25) is 24.2 Å². The van der Waals surface area contributed by atoms with Gasteiger partial charge in [0.2, 0.25) is 17.7 Å². The van der Waals surface area contributed by atoms with E-state index in [0.29, 0.717) is 11.1 Å². The van der Waals surface area contributed by atoms with E-state index in [2.05, 4.69) is 20.5 Å². The van der Waals surface area contributed by atoms with Gasteiger partial charge >= 0.3 is 13.8 Å². The van der Waals surface area contributed by atoms with Crippen LogP contribution in [-0.4, -0.2) is 56.7 Å². The lowest BCUT2D eigenvalue weighted by Crippen LogP contribution is -2.57. The fourth-order valence-electron chi connectivity index (χ4n) is 5.70. The third-order valence-electron chi connectivity index (χ3n) is 8.23. The quantitative estimate of drug-likeness (QED) is 0.0814. The van der Waals surface area contributed by atoms with E-state index in [9.17, 15) is 28.8 Å². The molecule has 0 bridgehead atoms. The minimum atomic E-state index is -4.79. The molecule has 6 N–H and O–H groups in total. The number of phosphoric ester groups is 1. The molecule has 0 radical (unpaired) electrons. The summed E-state index contributed by atoms with van der Waals surface area (Å²) in [5.74, 6) is -3.23. The van der Waals surface area contributed by atoms with Crippen molar-refractivity contribution < 1.29 is 43.2 Å². The lowest BCUT2D eigenvalue weighted by molar-refractivity contribution is -0.142. The number of amides is 3. The second kappa shape index (κ2) is 17.4. The standard InChI is InChI=1S/C39H38N3O9P/c43-36(25-29-15-18-30-13-7-8-14-31(30)21-29)40-33(22-26-9-3-1-4-10-26)37(44)41-34(23-27-11-5-2-6-12-27)38(45)42-35(39(46)47)24-28-16-19-32(20-17-28)51-52(48,49)50/h1-21,33-35H,22-25H2,(H,40,43)(H,41,44)(H,42,45)(H,46,47)(H2,48,49,50)/t33-,34+,35+/m0/s1. The third kappa shape index (κ3) is 11.4. The van der Waals surface area contributed by atoms with Crippen LogP contribution in [0.5, 0.6) is 5.75 Å². The summed E-state index contributed by atoms with van der Waals surface area (Å²) in [6.07, 6.45) is 0.00626. The number of carbonyl (C=O) groups is 4. The summed E-state index contributed by atoms with van der Waals surface area (Å²) in [6, 6.07) is 33.2. The summed E-state index contributed by atoms with van der Waals surface area (Å²) < 4.78 is 15.7. The molecule has 13 heteroatoms. The van der Waals surface area contributed by atoms with Crippen molar-refractivity contribution in [1.29, 1.82) is 0 Å². The Kier molecular flexibility index (Phi) is 12.5. The fraction of sp³-hybridized carbons (Fsp3) is 0.179. The Labute approximate surface area is 300 Å². The van der Waals surface area contributed by atoms with E-state index in [1.54, 1.807) is 30.3 Å². The Morgan fingerprint density at radius 2 is 1.02 bits per heavy atom. The first kappa shape index (κ1) is 37.4. The van der Waals surface area contributed by atoms with Crippen LogP contribution in [0, 0.1) is 0 Å². The van der Waals surface area contributed by atoms with Gasteiger partial charge in [-0.15, -0.1) is 0 Å². The van der Waals surface area contributed by atoms with Crippen molar-refractivity contribution in [2.24, 2.45) is 0 Å². The largest absolute Gasteiger partial charge is 0.524 e. The van der Waals surface area contributed by atoms with Gasteiger partial charge in [-0.05, 0) is 45.2 Å². The number of hydrogen-bond acceptors (Lipinski definition) is 6. The second-order valence-electron chi connectivity index (χ2n) is 12.2. The molecular formula is C39H38N3O9P.